The second kappa shape index (κ2) is 6.85. The minimum absolute atomic E-state index is 0.0859. The van der Waals surface area contributed by atoms with Gasteiger partial charge in [-0.1, -0.05) is 34.5 Å². The molecule has 0 saturated carbocycles. The van der Waals surface area contributed by atoms with Crippen molar-refractivity contribution in [2.24, 2.45) is 0 Å². The van der Waals surface area contributed by atoms with Crippen LogP contribution >= 0.6 is 27.5 Å². The number of hydrogen-bond acceptors (Lipinski definition) is 4. The fourth-order valence-corrected chi connectivity index (χ4v) is 2.22. The highest BCUT2D eigenvalue weighted by Gasteiger charge is 2.09. The molecule has 0 spiro atoms. The third-order valence-electron chi connectivity index (χ3n) is 2.46. The standard InChI is InChI=1S/C13H13BrClFN4/c1-2-5-17-13-18-7-10(16)12(20-13)19-11-4-3-8(14)6-9(11)15/h3-4,6-7H,2,5H2,1H3,(H2,17,18,19,20). The number of benzene rings is 1. The Bertz CT molecular complexity index is 609. The molecular weight excluding hydrogens is 347 g/mol. The molecule has 0 atom stereocenters. The molecule has 2 aromatic rings. The molecule has 0 aliphatic heterocycles. The highest BCUT2D eigenvalue weighted by atomic mass is 79.9. The summed E-state index contributed by atoms with van der Waals surface area (Å²) < 4.78 is 14.6. The van der Waals surface area contributed by atoms with E-state index in [0.29, 0.717) is 16.7 Å². The van der Waals surface area contributed by atoms with E-state index < -0.39 is 5.82 Å². The van der Waals surface area contributed by atoms with E-state index in [1.807, 2.05) is 13.0 Å². The lowest BCUT2D eigenvalue weighted by molar-refractivity contribution is 0.619. The number of anilines is 3. The van der Waals surface area contributed by atoms with Crippen LogP contribution in [0.1, 0.15) is 13.3 Å². The fraction of sp³-hybridized carbons (Fsp3) is 0.231. The SMILES string of the molecule is CCCNc1ncc(F)c(Nc2ccc(Br)cc2Cl)n1. The second-order valence-corrected chi connectivity index (χ2v) is 5.39. The summed E-state index contributed by atoms with van der Waals surface area (Å²) in [7, 11) is 0. The summed E-state index contributed by atoms with van der Waals surface area (Å²) in [4.78, 5) is 7.97. The van der Waals surface area contributed by atoms with Crippen molar-refractivity contribution in [3.05, 3.63) is 39.7 Å². The van der Waals surface area contributed by atoms with Crippen LogP contribution in [0.2, 0.25) is 5.02 Å². The maximum absolute atomic E-state index is 13.7. The molecule has 1 aromatic carbocycles. The summed E-state index contributed by atoms with van der Waals surface area (Å²) in [6.45, 7) is 2.75. The van der Waals surface area contributed by atoms with E-state index in [2.05, 4.69) is 36.5 Å². The number of rotatable bonds is 5. The van der Waals surface area contributed by atoms with E-state index in [-0.39, 0.29) is 5.82 Å². The summed E-state index contributed by atoms with van der Waals surface area (Å²) >= 11 is 9.40. The van der Waals surface area contributed by atoms with Crippen LogP contribution in [0.25, 0.3) is 0 Å². The Kier molecular flexibility index (Phi) is 5.14. The normalized spacial score (nSPS) is 10.4. The van der Waals surface area contributed by atoms with E-state index in [0.717, 1.165) is 23.6 Å². The van der Waals surface area contributed by atoms with Gasteiger partial charge in [0.15, 0.2) is 11.6 Å². The molecule has 0 saturated heterocycles. The Labute approximate surface area is 129 Å². The van der Waals surface area contributed by atoms with Gasteiger partial charge in [0.2, 0.25) is 5.95 Å². The zero-order chi connectivity index (χ0) is 14.5. The number of nitrogens with zero attached hydrogens (tertiary/aromatic N) is 2. The van der Waals surface area contributed by atoms with Crippen LogP contribution in [0.5, 0.6) is 0 Å². The van der Waals surface area contributed by atoms with Gasteiger partial charge in [-0.2, -0.15) is 4.98 Å². The first-order valence-electron chi connectivity index (χ1n) is 6.08. The first-order chi connectivity index (χ1) is 9.60. The topological polar surface area (TPSA) is 49.8 Å². The maximum Gasteiger partial charge on any atom is 0.224 e. The second-order valence-electron chi connectivity index (χ2n) is 4.07. The van der Waals surface area contributed by atoms with Gasteiger partial charge in [-0.3, -0.25) is 0 Å². The lowest BCUT2D eigenvalue weighted by Crippen LogP contribution is -2.07. The van der Waals surface area contributed by atoms with Crippen molar-refractivity contribution in [1.82, 2.24) is 9.97 Å². The average Bonchev–Trinajstić information content (AvgIpc) is 2.42. The summed E-state index contributed by atoms with van der Waals surface area (Å²) in [6, 6.07) is 5.27. The summed E-state index contributed by atoms with van der Waals surface area (Å²) in [5.74, 6) is -0.0714. The third kappa shape index (κ3) is 3.80. The van der Waals surface area contributed by atoms with Gasteiger partial charge < -0.3 is 10.6 Å². The Morgan fingerprint density at radius 2 is 2.20 bits per heavy atom. The van der Waals surface area contributed by atoms with Crippen LogP contribution in [0, 0.1) is 5.82 Å². The fourth-order valence-electron chi connectivity index (χ4n) is 1.50. The molecular formula is C13H13BrClFN4. The summed E-state index contributed by atoms with van der Waals surface area (Å²) in [6.07, 6.45) is 2.06. The number of nitrogens with one attached hydrogen (secondary N) is 2. The van der Waals surface area contributed by atoms with Gasteiger partial charge in [0.25, 0.3) is 0 Å². The lowest BCUT2D eigenvalue weighted by atomic mass is 10.3. The highest BCUT2D eigenvalue weighted by Crippen LogP contribution is 2.28. The Balaban J connectivity index is 2.23. The smallest absolute Gasteiger partial charge is 0.224 e. The lowest BCUT2D eigenvalue weighted by Gasteiger charge is -2.10. The van der Waals surface area contributed by atoms with Gasteiger partial charge in [-0.25, -0.2) is 9.37 Å². The molecule has 0 amide bonds. The van der Waals surface area contributed by atoms with E-state index in [1.54, 1.807) is 12.1 Å². The molecule has 0 bridgehead atoms. The Hall–Kier alpha value is -1.40. The minimum Gasteiger partial charge on any atom is -0.354 e. The van der Waals surface area contributed by atoms with Crippen molar-refractivity contribution < 1.29 is 4.39 Å². The van der Waals surface area contributed by atoms with Crippen LogP contribution in [-0.4, -0.2) is 16.5 Å². The molecule has 0 radical (unpaired) electrons. The van der Waals surface area contributed by atoms with Crippen molar-refractivity contribution in [2.75, 3.05) is 17.2 Å². The molecule has 2 rings (SSSR count). The van der Waals surface area contributed by atoms with Gasteiger partial charge in [0.1, 0.15) is 0 Å². The molecule has 0 fully saturated rings. The van der Waals surface area contributed by atoms with Gasteiger partial charge in [0.05, 0.1) is 16.9 Å². The molecule has 0 unspecified atom stereocenters. The van der Waals surface area contributed by atoms with E-state index >= 15 is 0 Å². The monoisotopic (exact) mass is 358 g/mol. The largest absolute Gasteiger partial charge is 0.354 e. The maximum atomic E-state index is 13.7. The van der Waals surface area contributed by atoms with Gasteiger partial charge in [-0.15, -0.1) is 0 Å². The summed E-state index contributed by atoms with van der Waals surface area (Å²) in [5.41, 5.74) is 0.578. The van der Waals surface area contributed by atoms with Crippen molar-refractivity contribution in [1.29, 1.82) is 0 Å². The number of halogens is 3. The predicted molar refractivity (Wildman–Crippen MR) is 83.2 cm³/mol. The number of hydrogen-bond donors (Lipinski definition) is 2. The zero-order valence-corrected chi connectivity index (χ0v) is 13.1. The first-order valence-corrected chi connectivity index (χ1v) is 7.25. The van der Waals surface area contributed by atoms with E-state index in [4.69, 9.17) is 11.6 Å². The Morgan fingerprint density at radius 3 is 2.90 bits per heavy atom. The molecule has 1 heterocycles. The van der Waals surface area contributed by atoms with E-state index in [1.165, 1.54) is 0 Å². The molecule has 0 aliphatic rings. The summed E-state index contributed by atoms with van der Waals surface area (Å²) in [5, 5.41) is 6.34. The van der Waals surface area contributed by atoms with Gasteiger partial charge >= 0.3 is 0 Å². The van der Waals surface area contributed by atoms with Crippen LogP contribution in [-0.2, 0) is 0 Å². The minimum atomic E-state index is -0.536. The van der Waals surface area contributed by atoms with Crippen molar-refractivity contribution >= 4 is 45.0 Å². The molecule has 4 nitrogen and oxygen atoms in total. The van der Waals surface area contributed by atoms with Gasteiger partial charge in [-0.05, 0) is 24.6 Å². The van der Waals surface area contributed by atoms with Crippen LogP contribution < -0.4 is 10.6 Å². The van der Waals surface area contributed by atoms with E-state index in [9.17, 15) is 4.39 Å². The Morgan fingerprint density at radius 1 is 1.40 bits per heavy atom. The van der Waals surface area contributed by atoms with Crippen molar-refractivity contribution in [3.63, 3.8) is 0 Å². The highest BCUT2D eigenvalue weighted by molar-refractivity contribution is 9.10. The quantitative estimate of drug-likeness (QED) is 0.819. The molecule has 20 heavy (non-hydrogen) atoms. The third-order valence-corrected chi connectivity index (χ3v) is 3.27. The van der Waals surface area contributed by atoms with Crippen LogP contribution in [0.3, 0.4) is 0 Å². The molecule has 106 valence electrons. The van der Waals surface area contributed by atoms with Crippen LogP contribution in [0.15, 0.2) is 28.9 Å². The van der Waals surface area contributed by atoms with Crippen molar-refractivity contribution in [2.45, 2.75) is 13.3 Å². The van der Waals surface area contributed by atoms with Crippen LogP contribution in [0.4, 0.5) is 21.8 Å². The molecule has 2 N–H and O–H groups in total. The molecule has 7 heteroatoms. The van der Waals surface area contributed by atoms with Gasteiger partial charge in [0, 0.05) is 11.0 Å². The molecule has 0 aliphatic carbocycles. The number of aromatic nitrogens is 2. The zero-order valence-electron chi connectivity index (χ0n) is 10.8. The molecule has 1 aromatic heterocycles. The predicted octanol–water partition coefficient (Wildman–Crippen LogP) is 4.60. The van der Waals surface area contributed by atoms with Crippen molar-refractivity contribution in [3.8, 4) is 0 Å². The first kappa shape index (κ1) is 15.0. The average molecular weight is 360 g/mol.